The molecule has 0 unspecified atom stereocenters. The van der Waals surface area contributed by atoms with Gasteiger partial charge in [0.05, 0.1) is 0 Å². The van der Waals surface area contributed by atoms with Crippen molar-refractivity contribution in [3.8, 4) is 22.3 Å². The monoisotopic (exact) mass is 408 g/mol. The molecule has 0 aliphatic rings. The van der Waals surface area contributed by atoms with Crippen molar-refractivity contribution in [1.82, 2.24) is 9.97 Å². The molecule has 7 rings (SSSR count). The summed E-state index contributed by atoms with van der Waals surface area (Å²) in [6.45, 7) is 0. The molecule has 0 saturated heterocycles. The number of fused-ring (bicyclic) bond motifs is 6. The molecule has 0 atom stereocenters. The van der Waals surface area contributed by atoms with E-state index in [-0.39, 0.29) is 0 Å². The lowest BCUT2D eigenvalue weighted by atomic mass is 9.93. The third kappa shape index (κ3) is 2.53. The van der Waals surface area contributed by atoms with Gasteiger partial charge in [0.1, 0.15) is 0 Å². The molecule has 2 nitrogen and oxygen atoms in total. The Bertz CT molecular complexity index is 1650. The second-order valence-corrected chi connectivity index (χ2v) is 8.41. The van der Waals surface area contributed by atoms with Crippen LogP contribution in [0.4, 0.5) is 0 Å². The Hall–Kier alpha value is -4.30. The highest BCUT2D eigenvalue weighted by Gasteiger charge is 2.11. The van der Waals surface area contributed by atoms with E-state index in [0.717, 1.165) is 0 Å². The van der Waals surface area contributed by atoms with Crippen LogP contribution in [-0.4, -0.2) is 9.97 Å². The first kappa shape index (κ1) is 17.4. The minimum atomic E-state index is 1.17. The second-order valence-electron chi connectivity index (χ2n) is 8.41. The lowest BCUT2D eigenvalue weighted by Crippen LogP contribution is -1.85. The molecule has 0 saturated carbocycles. The number of H-pyrrole nitrogens is 2. The van der Waals surface area contributed by atoms with Gasteiger partial charge in [0, 0.05) is 43.6 Å². The first-order valence-corrected chi connectivity index (χ1v) is 11.0. The van der Waals surface area contributed by atoms with Gasteiger partial charge in [-0.05, 0) is 46.5 Å². The number of aromatic nitrogens is 2. The van der Waals surface area contributed by atoms with E-state index < -0.39 is 0 Å². The maximum Gasteiger partial charge on any atom is 0.0471 e. The Morgan fingerprint density at radius 3 is 1.25 bits per heavy atom. The Morgan fingerprint density at radius 2 is 0.750 bits per heavy atom. The number of para-hydroxylation sites is 2. The highest BCUT2D eigenvalue weighted by Crippen LogP contribution is 2.37. The summed E-state index contributed by atoms with van der Waals surface area (Å²) in [5.74, 6) is 0. The van der Waals surface area contributed by atoms with Crippen molar-refractivity contribution >= 4 is 43.6 Å². The van der Waals surface area contributed by atoms with Crippen LogP contribution in [0.3, 0.4) is 0 Å². The van der Waals surface area contributed by atoms with Crippen LogP contribution in [-0.2, 0) is 0 Å². The normalized spacial score (nSPS) is 11.8. The highest BCUT2D eigenvalue weighted by molar-refractivity contribution is 6.10. The summed E-state index contributed by atoms with van der Waals surface area (Å²) in [7, 11) is 0. The van der Waals surface area contributed by atoms with E-state index in [1.807, 2.05) is 0 Å². The van der Waals surface area contributed by atoms with Gasteiger partial charge < -0.3 is 9.97 Å². The van der Waals surface area contributed by atoms with Crippen molar-refractivity contribution in [3.05, 3.63) is 109 Å². The maximum atomic E-state index is 3.58. The van der Waals surface area contributed by atoms with Gasteiger partial charge in [-0.1, -0.05) is 84.9 Å². The average molecular weight is 409 g/mol. The van der Waals surface area contributed by atoms with Gasteiger partial charge in [0.15, 0.2) is 0 Å². The number of aromatic amines is 2. The summed E-state index contributed by atoms with van der Waals surface area (Å²) in [6, 6.07) is 39.2. The smallest absolute Gasteiger partial charge is 0.0471 e. The topological polar surface area (TPSA) is 31.6 Å². The molecule has 7 aromatic rings. The van der Waals surface area contributed by atoms with Crippen molar-refractivity contribution in [1.29, 1.82) is 0 Å². The van der Waals surface area contributed by atoms with E-state index in [2.05, 4.69) is 119 Å². The van der Waals surface area contributed by atoms with Crippen molar-refractivity contribution in [2.24, 2.45) is 0 Å². The van der Waals surface area contributed by atoms with Gasteiger partial charge in [0.2, 0.25) is 0 Å². The molecule has 0 amide bonds. The molecule has 32 heavy (non-hydrogen) atoms. The molecule has 2 N–H and O–H groups in total. The third-order valence-corrected chi connectivity index (χ3v) is 6.56. The summed E-state index contributed by atoms with van der Waals surface area (Å²) >= 11 is 0. The number of hydrogen-bond acceptors (Lipinski definition) is 0. The molecule has 0 aliphatic heterocycles. The highest BCUT2D eigenvalue weighted by atomic mass is 14.7. The SMILES string of the molecule is c1ccc(-c2ccc3c(c2)[nH]c2ccccc23)c(-c2ccc3c(c2)[nH]c2ccccc23)c1. The lowest BCUT2D eigenvalue weighted by Gasteiger charge is -2.11. The van der Waals surface area contributed by atoms with Crippen LogP contribution >= 0.6 is 0 Å². The molecule has 2 aromatic heterocycles. The van der Waals surface area contributed by atoms with E-state index in [9.17, 15) is 0 Å². The van der Waals surface area contributed by atoms with Gasteiger partial charge in [-0.25, -0.2) is 0 Å². The molecule has 5 aromatic carbocycles. The zero-order valence-electron chi connectivity index (χ0n) is 17.4. The molecule has 0 spiro atoms. The van der Waals surface area contributed by atoms with Crippen LogP contribution in [0.5, 0.6) is 0 Å². The Balaban J connectivity index is 1.41. The standard InChI is InChI=1S/C30H20N2/c1-2-8-22(20-14-16-26-24-10-4-6-12-28(24)32-30(26)18-20)21(7-1)19-13-15-25-23-9-3-5-11-27(23)31-29(25)17-19/h1-18,31-32H. The molecule has 2 heterocycles. The molecular weight excluding hydrogens is 388 g/mol. The predicted molar refractivity (Wildman–Crippen MR) is 136 cm³/mol. The summed E-state index contributed by atoms with van der Waals surface area (Å²) in [5.41, 5.74) is 9.61. The number of hydrogen-bond donors (Lipinski definition) is 2. The first-order chi connectivity index (χ1) is 15.8. The summed E-state index contributed by atoms with van der Waals surface area (Å²) in [5, 5.41) is 5.07. The van der Waals surface area contributed by atoms with Crippen LogP contribution in [0.25, 0.3) is 65.9 Å². The lowest BCUT2D eigenvalue weighted by molar-refractivity contribution is 1.53. The number of rotatable bonds is 2. The number of nitrogens with one attached hydrogen (secondary N) is 2. The average Bonchev–Trinajstić information content (AvgIpc) is 3.41. The van der Waals surface area contributed by atoms with Gasteiger partial charge >= 0.3 is 0 Å². The van der Waals surface area contributed by atoms with Crippen molar-refractivity contribution in [2.75, 3.05) is 0 Å². The molecule has 0 bridgehead atoms. The van der Waals surface area contributed by atoms with Gasteiger partial charge in [-0.2, -0.15) is 0 Å². The van der Waals surface area contributed by atoms with E-state index in [0.29, 0.717) is 0 Å². The van der Waals surface area contributed by atoms with Crippen LogP contribution in [0.1, 0.15) is 0 Å². The van der Waals surface area contributed by atoms with Crippen molar-refractivity contribution in [3.63, 3.8) is 0 Å². The van der Waals surface area contributed by atoms with Crippen LogP contribution in [0, 0.1) is 0 Å². The molecule has 0 aliphatic carbocycles. The van der Waals surface area contributed by atoms with Crippen LogP contribution < -0.4 is 0 Å². The minimum Gasteiger partial charge on any atom is -0.354 e. The van der Waals surface area contributed by atoms with E-state index >= 15 is 0 Å². The van der Waals surface area contributed by atoms with E-state index in [1.54, 1.807) is 0 Å². The number of benzene rings is 5. The fraction of sp³-hybridized carbons (Fsp3) is 0. The summed E-state index contributed by atoms with van der Waals surface area (Å²) < 4.78 is 0. The summed E-state index contributed by atoms with van der Waals surface area (Å²) in [4.78, 5) is 7.16. The molecule has 2 heteroatoms. The van der Waals surface area contributed by atoms with Crippen molar-refractivity contribution in [2.45, 2.75) is 0 Å². The fourth-order valence-electron chi connectivity index (χ4n) is 5.03. The van der Waals surface area contributed by atoms with Gasteiger partial charge in [-0.3, -0.25) is 0 Å². The molecule has 150 valence electrons. The molecule has 0 radical (unpaired) electrons. The first-order valence-electron chi connectivity index (χ1n) is 11.0. The zero-order chi connectivity index (χ0) is 21.1. The Kier molecular flexibility index (Phi) is 3.58. The van der Waals surface area contributed by atoms with E-state index in [1.165, 1.54) is 65.9 Å². The van der Waals surface area contributed by atoms with Gasteiger partial charge in [0.25, 0.3) is 0 Å². The Labute approximate surface area is 185 Å². The van der Waals surface area contributed by atoms with Crippen molar-refractivity contribution < 1.29 is 0 Å². The summed E-state index contributed by atoms with van der Waals surface area (Å²) in [6.07, 6.45) is 0. The fourth-order valence-corrected chi connectivity index (χ4v) is 5.03. The minimum absolute atomic E-state index is 1.17. The molecular formula is C30H20N2. The second kappa shape index (κ2) is 6.60. The quantitative estimate of drug-likeness (QED) is 0.288. The predicted octanol–water partition coefficient (Wildman–Crippen LogP) is 8.29. The molecule has 0 fully saturated rings. The van der Waals surface area contributed by atoms with Crippen LogP contribution in [0.2, 0.25) is 0 Å². The largest absolute Gasteiger partial charge is 0.354 e. The van der Waals surface area contributed by atoms with E-state index in [4.69, 9.17) is 0 Å². The third-order valence-electron chi connectivity index (χ3n) is 6.56. The Morgan fingerprint density at radius 1 is 0.344 bits per heavy atom. The maximum absolute atomic E-state index is 3.58. The van der Waals surface area contributed by atoms with Crippen LogP contribution in [0.15, 0.2) is 109 Å². The zero-order valence-corrected chi connectivity index (χ0v) is 17.4. The van der Waals surface area contributed by atoms with Gasteiger partial charge in [-0.15, -0.1) is 0 Å².